The summed E-state index contributed by atoms with van der Waals surface area (Å²) in [6, 6.07) is 15.0. The summed E-state index contributed by atoms with van der Waals surface area (Å²) in [7, 11) is -2.38. The Bertz CT molecular complexity index is 651. The van der Waals surface area contributed by atoms with E-state index < -0.39 is 13.3 Å². The molecule has 2 nitrogen and oxygen atoms in total. The maximum Gasteiger partial charge on any atom is 0.221 e. The monoisotopic (exact) mass is 354 g/mol. The summed E-state index contributed by atoms with van der Waals surface area (Å²) in [6.07, 6.45) is 2.99. The number of carbonyl (C=O) groups is 1. The van der Waals surface area contributed by atoms with Crippen LogP contribution in [0.25, 0.3) is 0 Å². The molecule has 0 aliphatic heterocycles. The Labute approximate surface area is 141 Å². The second-order valence-electron chi connectivity index (χ2n) is 5.04. The fraction of sp³-hybridized carbons (Fsp3) is 0.235. The second-order valence-corrected chi connectivity index (χ2v) is 7.66. The Kier molecular flexibility index (Phi) is 6.70. The fourth-order valence-corrected chi connectivity index (χ4v) is 4.30. The fourth-order valence-electron chi connectivity index (χ4n) is 2.23. The lowest BCUT2D eigenvalue weighted by atomic mass is 10.1. The van der Waals surface area contributed by atoms with Gasteiger partial charge in [0.25, 0.3) is 0 Å². The van der Waals surface area contributed by atoms with Crippen molar-refractivity contribution in [3.8, 4) is 0 Å². The van der Waals surface area contributed by atoms with Gasteiger partial charge in [-0.05, 0) is 37.0 Å². The number of carbonyl (C=O) groups excluding carboxylic acids is 1. The largest absolute Gasteiger partial charge is 0.318 e. The third kappa shape index (κ3) is 4.71. The minimum atomic E-state index is -2.38. The molecule has 0 saturated carbocycles. The van der Waals surface area contributed by atoms with E-state index >= 15 is 0 Å². The molecule has 0 heterocycles. The Balaban J connectivity index is 1.86. The van der Waals surface area contributed by atoms with Crippen LogP contribution < -0.4 is 0 Å². The minimum absolute atomic E-state index is 0.192. The van der Waals surface area contributed by atoms with E-state index in [1.165, 1.54) is 5.56 Å². The van der Waals surface area contributed by atoms with E-state index in [0.717, 1.165) is 19.3 Å². The van der Waals surface area contributed by atoms with Gasteiger partial charge >= 0.3 is 0 Å². The summed E-state index contributed by atoms with van der Waals surface area (Å²) in [5, 5.41) is 0.528. The van der Waals surface area contributed by atoms with E-state index in [4.69, 9.17) is 23.2 Å². The first-order chi connectivity index (χ1) is 10.6. The van der Waals surface area contributed by atoms with Gasteiger partial charge in [0.2, 0.25) is 5.52 Å². The van der Waals surface area contributed by atoms with Gasteiger partial charge in [-0.3, -0.25) is 4.79 Å². The van der Waals surface area contributed by atoms with Gasteiger partial charge in [0.15, 0.2) is 0 Å². The van der Waals surface area contributed by atoms with Crippen LogP contribution in [0.15, 0.2) is 48.5 Å². The number of hydrogen-bond donors (Lipinski definition) is 0. The predicted octanol–water partition coefficient (Wildman–Crippen LogP) is 5.72. The molecule has 116 valence electrons. The molecule has 5 heteroatoms. The predicted molar refractivity (Wildman–Crippen MR) is 94.0 cm³/mol. The molecule has 0 amide bonds. The van der Waals surface area contributed by atoms with E-state index in [-0.39, 0.29) is 15.6 Å². The molecule has 0 aromatic heterocycles. The van der Waals surface area contributed by atoms with Gasteiger partial charge in [-0.2, -0.15) is 0 Å². The number of rotatable bonds is 7. The maximum absolute atomic E-state index is 12.2. The Hall–Kier alpha value is -1.08. The number of hydrogen-bond acceptors (Lipinski definition) is 2. The van der Waals surface area contributed by atoms with Crippen molar-refractivity contribution in [2.45, 2.75) is 19.3 Å². The summed E-state index contributed by atoms with van der Waals surface area (Å²) in [6.45, 7) is 0. The molecule has 0 spiro atoms. The molecule has 0 bridgehead atoms. The highest BCUT2D eigenvalue weighted by Crippen LogP contribution is 2.35. The number of aryl methyl sites for hydroxylation is 1. The smallest absolute Gasteiger partial charge is 0.221 e. The van der Waals surface area contributed by atoms with Crippen molar-refractivity contribution >= 4 is 36.5 Å². The highest BCUT2D eigenvalue weighted by Gasteiger charge is 2.19. The molecule has 0 aliphatic carbocycles. The normalized spacial score (nSPS) is 12.1. The van der Waals surface area contributed by atoms with Crippen molar-refractivity contribution in [3.05, 3.63) is 69.7 Å². The first kappa shape index (κ1) is 17.3. The van der Waals surface area contributed by atoms with Crippen molar-refractivity contribution in [2.24, 2.45) is 0 Å². The van der Waals surface area contributed by atoms with E-state index in [1.54, 1.807) is 18.2 Å². The molecule has 0 radical (unpaired) electrons. The molecular weight excluding hydrogens is 338 g/mol. The van der Waals surface area contributed by atoms with Gasteiger partial charge < -0.3 is 4.57 Å². The quantitative estimate of drug-likeness (QED) is 0.470. The lowest BCUT2D eigenvalue weighted by Crippen LogP contribution is -1.98. The number of halogens is 2. The van der Waals surface area contributed by atoms with Gasteiger partial charge in [0, 0.05) is 6.16 Å². The van der Waals surface area contributed by atoms with Crippen LogP contribution in [0.1, 0.15) is 28.8 Å². The average molecular weight is 355 g/mol. The van der Waals surface area contributed by atoms with E-state index in [9.17, 15) is 9.36 Å². The molecule has 1 atom stereocenters. The van der Waals surface area contributed by atoms with Crippen LogP contribution in [-0.2, 0) is 11.0 Å². The van der Waals surface area contributed by atoms with Crippen LogP contribution in [-0.4, -0.2) is 11.7 Å². The zero-order valence-corrected chi connectivity index (χ0v) is 14.5. The van der Waals surface area contributed by atoms with Crippen LogP contribution in [0.2, 0.25) is 10.0 Å². The molecular formula is C17H17Cl2O2P. The molecule has 0 N–H and O–H groups in total. The summed E-state index contributed by atoms with van der Waals surface area (Å²) in [5.41, 5.74) is 1.03. The second kappa shape index (κ2) is 8.53. The first-order valence-electron chi connectivity index (χ1n) is 7.15. The third-order valence-corrected chi connectivity index (χ3v) is 5.60. The summed E-state index contributed by atoms with van der Waals surface area (Å²) in [4.78, 5) is 12.2. The van der Waals surface area contributed by atoms with Gasteiger partial charge in [-0.1, -0.05) is 59.6 Å². The zero-order valence-electron chi connectivity index (χ0n) is 12.0. The van der Waals surface area contributed by atoms with E-state index in [0.29, 0.717) is 6.16 Å². The minimum Gasteiger partial charge on any atom is -0.318 e. The Morgan fingerprint density at radius 1 is 0.909 bits per heavy atom. The van der Waals surface area contributed by atoms with Gasteiger partial charge in [0.05, 0.1) is 15.6 Å². The molecule has 0 aliphatic rings. The molecule has 0 fully saturated rings. The van der Waals surface area contributed by atoms with Crippen LogP contribution >= 0.6 is 31.0 Å². The van der Waals surface area contributed by atoms with Crippen molar-refractivity contribution in [1.82, 2.24) is 0 Å². The highest BCUT2D eigenvalue weighted by molar-refractivity contribution is 7.64. The summed E-state index contributed by atoms with van der Waals surface area (Å²) >= 11 is 12.0. The molecule has 2 rings (SSSR count). The van der Waals surface area contributed by atoms with Crippen molar-refractivity contribution in [1.29, 1.82) is 0 Å². The van der Waals surface area contributed by atoms with Gasteiger partial charge in [0.1, 0.15) is 7.80 Å². The topological polar surface area (TPSA) is 34.1 Å². The lowest BCUT2D eigenvalue weighted by molar-refractivity contribution is 0.107. The molecule has 2 aromatic carbocycles. The van der Waals surface area contributed by atoms with Crippen LogP contribution in [0.5, 0.6) is 0 Å². The molecule has 1 unspecified atom stereocenters. The molecule has 2 aromatic rings. The maximum atomic E-state index is 12.2. The van der Waals surface area contributed by atoms with Gasteiger partial charge in [-0.15, -0.1) is 0 Å². The first-order valence-corrected chi connectivity index (χ1v) is 9.52. The lowest BCUT2D eigenvalue weighted by Gasteiger charge is -2.06. The third-order valence-electron chi connectivity index (χ3n) is 3.41. The average Bonchev–Trinajstić information content (AvgIpc) is 2.52. The standard InChI is InChI=1S/C17H17Cl2O2P/c18-14-10-6-11-15(19)16(14)17(20)22(21)12-5-4-9-13-7-2-1-3-8-13/h1-3,6-8,10-11,22H,4-5,9,12H2. The summed E-state index contributed by atoms with van der Waals surface area (Å²) in [5.74, 6) is 0. The SMILES string of the molecule is O=C(c1c(Cl)cccc1Cl)[PH](=O)CCCCc1ccccc1. The van der Waals surface area contributed by atoms with Crippen LogP contribution in [0, 0.1) is 0 Å². The zero-order chi connectivity index (χ0) is 15.9. The van der Waals surface area contributed by atoms with Crippen LogP contribution in [0.3, 0.4) is 0 Å². The Morgan fingerprint density at radius 3 is 2.18 bits per heavy atom. The molecule has 0 saturated heterocycles. The van der Waals surface area contributed by atoms with Crippen molar-refractivity contribution in [3.63, 3.8) is 0 Å². The van der Waals surface area contributed by atoms with E-state index in [1.807, 2.05) is 18.2 Å². The molecule has 22 heavy (non-hydrogen) atoms. The number of benzene rings is 2. The highest BCUT2D eigenvalue weighted by atomic mass is 35.5. The van der Waals surface area contributed by atoms with E-state index in [2.05, 4.69) is 12.1 Å². The van der Waals surface area contributed by atoms with Gasteiger partial charge in [-0.25, -0.2) is 0 Å². The number of unbranched alkanes of at least 4 members (excludes halogenated alkanes) is 1. The summed E-state index contributed by atoms with van der Waals surface area (Å²) < 4.78 is 12.2. The van der Waals surface area contributed by atoms with Crippen molar-refractivity contribution in [2.75, 3.05) is 6.16 Å². The Morgan fingerprint density at radius 2 is 1.55 bits per heavy atom. The van der Waals surface area contributed by atoms with Crippen molar-refractivity contribution < 1.29 is 9.36 Å². The van der Waals surface area contributed by atoms with Crippen LogP contribution in [0.4, 0.5) is 0 Å².